The van der Waals surface area contributed by atoms with Crippen LogP contribution in [0.25, 0.3) is 0 Å². The fourth-order valence-electron chi connectivity index (χ4n) is 3.55. The van der Waals surface area contributed by atoms with E-state index in [0.29, 0.717) is 19.0 Å². The predicted octanol–water partition coefficient (Wildman–Crippen LogP) is 4.03. The number of rotatable bonds is 5. The van der Waals surface area contributed by atoms with E-state index in [1.165, 1.54) is 0 Å². The van der Waals surface area contributed by atoms with Crippen LogP contribution in [0.1, 0.15) is 40.0 Å². The molecule has 8 heteroatoms. The van der Waals surface area contributed by atoms with Gasteiger partial charge < -0.3 is 25.4 Å². The van der Waals surface area contributed by atoms with Crippen molar-refractivity contribution >= 4 is 35.2 Å². The highest BCUT2D eigenvalue weighted by molar-refractivity contribution is 8.00. The first-order chi connectivity index (χ1) is 13.2. The molecule has 0 radical (unpaired) electrons. The molecular formula is C20H29N3O4S. The average molecular weight is 408 g/mol. The summed E-state index contributed by atoms with van der Waals surface area (Å²) in [6.45, 7) is 6.95. The number of thioether (sulfide) groups is 1. The van der Waals surface area contributed by atoms with Crippen LogP contribution in [0.2, 0.25) is 0 Å². The van der Waals surface area contributed by atoms with Crippen LogP contribution in [-0.4, -0.2) is 51.5 Å². The second kappa shape index (κ2) is 8.11. The lowest BCUT2D eigenvalue weighted by Gasteiger charge is -2.36. The van der Waals surface area contributed by atoms with Crippen LogP contribution >= 0.6 is 11.8 Å². The van der Waals surface area contributed by atoms with Gasteiger partial charge in [-0.1, -0.05) is 12.1 Å². The highest BCUT2D eigenvalue weighted by atomic mass is 32.2. The third-order valence-corrected chi connectivity index (χ3v) is 6.22. The molecular weight excluding hydrogens is 378 g/mol. The molecule has 0 spiro atoms. The third kappa shape index (κ3) is 5.25. The summed E-state index contributed by atoms with van der Waals surface area (Å²) in [6.07, 6.45) is 1.63. The van der Waals surface area contributed by atoms with Gasteiger partial charge in [-0.25, -0.2) is 4.79 Å². The van der Waals surface area contributed by atoms with Gasteiger partial charge in [-0.15, -0.1) is 11.8 Å². The van der Waals surface area contributed by atoms with Crippen molar-refractivity contribution < 1.29 is 19.4 Å². The minimum atomic E-state index is -0.862. The Balaban J connectivity index is 1.61. The summed E-state index contributed by atoms with van der Waals surface area (Å²) in [5.74, 6) is 0.184. The maximum atomic E-state index is 12.4. The van der Waals surface area contributed by atoms with Gasteiger partial charge in [0.2, 0.25) is 0 Å². The van der Waals surface area contributed by atoms with Gasteiger partial charge in [0.15, 0.2) is 4.99 Å². The number of fused-ring (bicyclic) bond motifs is 1. The summed E-state index contributed by atoms with van der Waals surface area (Å²) in [4.78, 5) is 24.8. The van der Waals surface area contributed by atoms with Crippen LogP contribution in [0.4, 0.5) is 16.2 Å². The Bertz CT molecular complexity index is 709. The molecule has 0 saturated carbocycles. The monoisotopic (exact) mass is 407 g/mol. The highest BCUT2D eigenvalue weighted by Crippen LogP contribution is 2.42. The number of ether oxygens (including phenoxy) is 1. The number of hydrogen-bond acceptors (Lipinski definition) is 6. The zero-order valence-electron chi connectivity index (χ0n) is 16.7. The van der Waals surface area contributed by atoms with E-state index in [4.69, 9.17) is 4.74 Å². The number of para-hydroxylation sites is 2. The second-order valence-corrected chi connectivity index (χ2v) is 9.76. The number of hydrogen-bond donors (Lipinski definition) is 3. The number of aliphatic carboxylic acids is 1. The molecule has 154 valence electrons. The first kappa shape index (κ1) is 20.6. The normalized spacial score (nSPS) is 20.7. The molecule has 0 aromatic heterocycles. The lowest BCUT2D eigenvalue weighted by molar-refractivity contribution is -0.137. The molecule has 0 bridgehead atoms. The second-order valence-electron chi connectivity index (χ2n) is 8.44. The molecule has 1 aromatic rings. The number of carboxylic acid groups (broad SMARTS) is 1. The van der Waals surface area contributed by atoms with Crippen molar-refractivity contribution in [2.45, 2.75) is 50.6 Å². The zero-order chi connectivity index (χ0) is 20.4. The van der Waals surface area contributed by atoms with Crippen molar-refractivity contribution in [3.8, 4) is 0 Å². The lowest BCUT2D eigenvalue weighted by Crippen LogP contribution is -2.45. The van der Waals surface area contributed by atoms with E-state index in [1.54, 1.807) is 16.7 Å². The van der Waals surface area contributed by atoms with Gasteiger partial charge in [0.05, 0.1) is 17.8 Å². The van der Waals surface area contributed by atoms with Gasteiger partial charge in [-0.05, 0) is 51.7 Å². The third-order valence-electron chi connectivity index (χ3n) is 4.74. The fraction of sp³-hybridized carbons (Fsp3) is 0.600. The first-order valence-electron chi connectivity index (χ1n) is 9.65. The van der Waals surface area contributed by atoms with Crippen molar-refractivity contribution in [3.63, 3.8) is 0 Å². The van der Waals surface area contributed by atoms with Gasteiger partial charge >= 0.3 is 12.1 Å². The highest BCUT2D eigenvalue weighted by Gasteiger charge is 2.40. The fourth-order valence-corrected chi connectivity index (χ4v) is 4.93. The van der Waals surface area contributed by atoms with Gasteiger partial charge in [0.1, 0.15) is 5.60 Å². The Kier molecular flexibility index (Phi) is 5.98. The SMILES string of the molecule is CC(C)(C)OC(=O)N1CCCC(CSC2(CC(=O)O)Nc3ccccc3N2)C1. The largest absolute Gasteiger partial charge is 0.481 e. The Morgan fingerprint density at radius 3 is 2.50 bits per heavy atom. The van der Waals surface area contributed by atoms with Crippen molar-refractivity contribution in [1.82, 2.24) is 4.90 Å². The molecule has 2 heterocycles. The van der Waals surface area contributed by atoms with E-state index in [1.807, 2.05) is 45.0 Å². The molecule has 1 atom stereocenters. The Hall–Kier alpha value is -2.09. The number of nitrogens with one attached hydrogen (secondary N) is 2. The van der Waals surface area contributed by atoms with Crippen molar-refractivity contribution in [3.05, 3.63) is 24.3 Å². The molecule has 2 aliphatic rings. The number of carbonyl (C=O) groups is 2. The lowest BCUT2D eigenvalue weighted by atomic mass is 10.0. The maximum absolute atomic E-state index is 12.4. The predicted molar refractivity (Wildman–Crippen MR) is 112 cm³/mol. The van der Waals surface area contributed by atoms with Crippen LogP contribution in [0.3, 0.4) is 0 Å². The number of benzene rings is 1. The van der Waals surface area contributed by atoms with E-state index in [-0.39, 0.29) is 12.5 Å². The summed E-state index contributed by atoms with van der Waals surface area (Å²) in [6, 6.07) is 7.73. The molecule has 1 saturated heterocycles. The summed E-state index contributed by atoms with van der Waals surface area (Å²) in [5, 5.41) is 16.1. The minimum Gasteiger partial charge on any atom is -0.481 e. The maximum Gasteiger partial charge on any atom is 0.410 e. The Morgan fingerprint density at radius 1 is 1.29 bits per heavy atom. The van der Waals surface area contributed by atoms with Crippen LogP contribution in [0.15, 0.2) is 24.3 Å². The Labute approximate surface area is 170 Å². The van der Waals surface area contributed by atoms with Crippen LogP contribution in [-0.2, 0) is 9.53 Å². The van der Waals surface area contributed by atoms with Crippen molar-refractivity contribution in [1.29, 1.82) is 0 Å². The van der Waals surface area contributed by atoms with E-state index in [9.17, 15) is 14.7 Å². The number of piperidine rings is 1. The quantitative estimate of drug-likeness (QED) is 0.679. The number of anilines is 2. The molecule has 1 unspecified atom stereocenters. The molecule has 1 aromatic carbocycles. The van der Waals surface area contributed by atoms with Gasteiger partial charge in [0.25, 0.3) is 0 Å². The van der Waals surface area contributed by atoms with Crippen LogP contribution in [0, 0.1) is 5.92 Å². The number of carboxylic acids is 1. The molecule has 0 aliphatic carbocycles. The topological polar surface area (TPSA) is 90.9 Å². The van der Waals surface area contributed by atoms with E-state index in [0.717, 1.165) is 30.0 Å². The molecule has 1 amide bonds. The van der Waals surface area contributed by atoms with Gasteiger partial charge in [0, 0.05) is 18.8 Å². The number of amides is 1. The standard InChI is InChI=1S/C20H29N3O4S/c1-19(2,3)27-18(26)23-10-6-7-14(12-23)13-28-20(11-17(24)25)21-15-8-4-5-9-16(15)22-20/h4-5,8-9,14,21-22H,6-7,10-13H2,1-3H3,(H,24,25). The summed E-state index contributed by atoms with van der Waals surface area (Å²) < 4.78 is 5.50. The number of likely N-dealkylation sites (tertiary alicyclic amines) is 1. The Morgan fingerprint density at radius 2 is 1.93 bits per heavy atom. The molecule has 28 heavy (non-hydrogen) atoms. The van der Waals surface area contributed by atoms with Gasteiger partial charge in [-0.3, -0.25) is 4.79 Å². The summed E-state index contributed by atoms with van der Waals surface area (Å²) in [5.41, 5.74) is 1.32. The summed E-state index contributed by atoms with van der Waals surface area (Å²) >= 11 is 1.57. The van der Waals surface area contributed by atoms with Gasteiger partial charge in [-0.2, -0.15) is 0 Å². The van der Waals surface area contributed by atoms with Crippen LogP contribution < -0.4 is 10.6 Å². The first-order valence-corrected chi connectivity index (χ1v) is 10.6. The number of nitrogens with zero attached hydrogens (tertiary/aromatic N) is 1. The smallest absolute Gasteiger partial charge is 0.410 e. The summed E-state index contributed by atoms with van der Waals surface area (Å²) in [7, 11) is 0. The van der Waals surface area contributed by atoms with E-state index in [2.05, 4.69) is 10.6 Å². The van der Waals surface area contributed by atoms with E-state index < -0.39 is 16.6 Å². The van der Waals surface area contributed by atoms with Crippen molar-refractivity contribution in [2.24, 2.45) is 5.92 Å². The molecule has 1 fully saturated rings. The number of carbonyl (C=O) groups excluding carboxylic acids is 1. The molecule has 3 N–H and O–H groups in total. The zero-order valence-corrected chi connectivity index (χ0v) is 17.5. The minimum absolute atomic E-state index is 0.0468. The molecule has 2 aliphatic heterocycles. The van der Waals surface area contributed by atoms with E-state index >= 15 is 0 Å². The van der Waals surface area contributed by atoms with Crippen LogP contribution in [0.5, 0.6) is 0 Å². The molecule has 7 nitrogen and oxygen atoms in total. The molecule has 3 rings (SSSR count). The van der Waals surface area contributed by atoms with Crippen molar-refractivity contribution in [2.75, 3.05) is 29.5 Å². The average Bonchev–Trinajstić information content (AvgIpc) is 2.96.